The summed E-state index contributed by atoms with van der Waals surface area (Å²) in [6, 6.07) is 9.63. The molecule has 1 amide bonds. The van der Waals surface area contributed by atoms with E-state index in [4.69, 9.17) is 4.98 Å². The van der Waals surface area contributed by atoms with E-state index in [1.54, 1.807) is 11.6 Å². The molecule has 0 aliphatic carbocycles. The number of nitrogens with one attached hydrogen (secondary N) is 1. The fraction of sp³-hybridized carbons (Fsp3) is 0.478. The van der Waals surface area contributed by atoms with Gasteiger partial charge >= 0.3 is 0 Å². The van der Waals surface area contributed by atoms with Crippen LogP contribution in [0.4, 0.5) is 11.1 Å². The van der Waals surface area contributed by atoms with E-state index >= 15 is 0 Å². The van der Waals surface area contributed by atoms with Gasteiger partial charge in [-0.25, -0.2) is 9.97 Å². The minimum atomic E-state index is -0.273. The van der Waals surface area contributed by atoms with E-state index in [0.717, 1.165) is 56.8 Å². The van der Waals surface area contributed by atoms with E-state index in [9.17, 15) is 9.59 Å². The molecular weight excluding hydrogens is 424 g/mol. The van der Waals surface area contributed by atoms with E-state index in [0.29, 0.717) is 22.0 Å². The van der Waals surface area contributed by atoms with E-state index in [-0.39, 0.29) is 17.5 Å². The fourth-order valence-corrected chi connectivity index (χ4v) is 5.60. The summed E-state index contributed by atoms with van der Waals surface area (Å²) in [5.41, 5.74) is 1.34. The summed E-state index contributed by atoms with van der Waals surface area (Å²) >= 11 is 1.41. The maximum absolute atomic E-state index is 13.0. The summed E-state index contributed by atoms with van der Waals surface area (Å²) in [6.45, 7) is 3.11. The maximum atomic E-state index is 13.0. The summed E-state index contributed by atoms with van der Waals surface area (Å²) in [4.78, 5) is 40.3. The Kier molecular flexibility index (Phi) is 5.82. The van der Waals surface area contributed by atoms with E-state index in [1.165, 1.54) is 17.8 Å². The molecule has 1 N–H and O–H groups in total. The van der Waals surface area contributed by atoms with Gasteiger partial charge in [-0.3, -0.25) is 14.2 Å². The number of piperidine rings is 1. The van der Waals surface area contributed by atoms with Crippen LogP contribution in [0.5, 0.6) is 0 Å². The van der Waals surface area contributed by atoms with Gasteiger partial charge in [-0.05, 0) is 37.7 Å². The lowest BCUT2D eigenvalue weighted by molar-refractivity contribution is -0.122. The standard InChI is InChI=1S/C23H28N6O2S/c1-27-21(31)18-20(26-22(27)28-12-6-3-7-13-28)32-23(25-18)29-14-8-11-17(29)19(30)24-15-16-9-4-2-5-10-16/h2,4-5,9-10,17H,3,6-8,11-15H2,1H3,(H,24,30)/t17-/m1/s1. The lowest BCUT2D eigenvalue weighted by Gasteiger charge is -2.28. The van der Waals surface area contributed by atoms with Gasteiger partial charge < -0.3 is 15.1 Å². The number of hydrogen-bond acceptors (Lipinski definition) is 7. The maximum Gasteiger partial charge on any atom is 0.282 e. The summed E-state index contributed by atoms with van der Waals surface area (Å²) in [5, 5.41) is 3.76. The topological polar surface area (TPSA) is 83.4 Å². The van der Waals surface area contributed by atoms with Gasteiger partial charge in [0.1, 0.15) is 6.04 Å². The molecule has 8 nitrogen and oxygen atoms in total. The van der Waals surface area contributed by atoms with Crippen molar-refractivity contribution in [2.24, 2.45) is 7.05 Å². The van der Waals surface area contributed by atoms with Crippen molar-refractivity contribution in [1.29, 1.82) is 0 Å². The predicted octanol–water partition coefficient (Wildman–Crippen LogP) is 2.67. The first-order chi connectivity index (χ1) is 15.6. The zero-order valence-electron chi connectivity index (χ0n) is 18.3. The molecule has 4 heterocycles. The molecule has 168 valence electrons. The van der Waals surface area contributed by atoms with Crippen LogP contribution in [0.2, 0.25) is 0 Å². The Bertz CT molecular complexity index is 1170. The fourth-order valence-electron chi connectivity index (χ4n) is 4.60. The highest BCUT2D eigenvalue weighted by Gasteiger charge is 2.33. The quantitative estimate of drug-likeness (QED) is 0.641. The van der Waals surface area contributed by atoms with Crippen LogP contribution in [0, 0.1) is 0 Å². The Balaban J connectivity index is 1.39. The number of rotatable bonds is 5. The van der Waals surface area contributed by atoms with Crippen LogP contribution in [0.3, 0.4) is 0 Å². The van der Waals surface area contributed by atoms with Gasteiger partial charge in [0.25, 0.3) is 5.56 Å². The zero-order valence-corrected chi connectivity index (χ0v) is 19.1. The van der Waals surface area contributed by atoms with Crippen LogP contribution in [-0.2, 0) is 18.4 Å². The van der Waals surface area contributed by atoms with Gasteiger partial charge in [-0.15, -0.1) is 0 Å². The number of hydrogen-bond donors (Lipinski definition) is 1. The number of benzene rings is 1. The highest BCUT2D eigenvalue weighted by atomic mass is 32.1. The molecule has 32 heavy (non-hydrogen) atoms. The molecular formula is C23H28N6O2S. The Labute approximate surface area is 190 Å². The van der Waals surface area contributed by atoms with Crippen molar-refractivity contribution in [3.8, 4) is 0 Å². The highest BCUT2D eigenvalue weighted by molar-refractivity contribution is 7.21. The average molecular weight is 453 g/mol. The number of thiazole rings is 1. The molecule has 2 fully saturated rings. The third-order valence-electron chi connectivity index (χ3n) is 6.36. The highest BCUT2D eigenvalue weighted by Crippen LogP contribution is 2.32. The minimum Gasteiger partial charge on any atom is -0.350 e. The third-order valence-corrected chi connectivity index (χ3v) is 7.34. The molecule has 0 spiro atoms. The molecule has 2 saturated heterocycles. The van der Waals surface area contributed by atoms with Gasteiger partial charge in [0.05, 0.1) is 0 Å². The molecule has 2 aliphatic rings. The molecule has 9 heteroatoms. The number of aromatic nitrogens is 3. The summed E-state index contributed by atoms with van der Waals surface area (Å²) in [5.74, 6) is 0.719. The van der Waals surface area contributed by atoms with Crippen LogP contribution in [0.15, 0.2) is 35.1 Å². The summed E-state index contributed by atoms with van der Waals surface area (Å²) in [6.07, 6.45) is 5.16. The first-order valence-corrected chi connectivity index (χ1v) is 12.1. The molecule has 2 aromatic heterocycles. The Morgan fingerprint density at radius 1 is 1.09 bits per heavy atom. The van der Waals surface area contributed by atoms with Gasteiger partial charge in [-0.2, -0.15) is 0 Å². The van der Waals surface area contributed by atoms with Gasteiger partial charge in [0, 0.05) is 33.2 Å². The molecule has 3 aromatic rings. The Morgan fingerprint density at radius 3 is 2.66 bits per heavy atom. The number of amides is 1. The van der Waals surface area contributed by atoms with Gasteiger partial charge in [0.2, 0.25) is 11.9 Å². The molecule has 2 aliphatic heterocycles. The number of anilines is 2. The molecule has 0 unspecified atom stereocenters. The van der Waals surface area contributed by atoms with Crippen molar-refractivity contribution in [1.82, 2.24) is 19.9 Å². The van der Waals surface area contributed by atoms with Crippen molar-refractivity contribution in [3.63, 3.8) is 0 Å². The van der Waals surface area contributed by atoms with Gasteiger partial charge in [0.15, 0.2) is 15.5 Å². The smallest absolute Gasteiger partial charge is 0.282 e. The van der Waals surface area contributed by atoms with Crippen LogP contribution in [0.1, 0.15) is 37.7 Å². The SMILES string of the molecule is Cn1c(N2CCCCC2)nc2sc(N3CCC[C@@H]3C(=O)NCc3ccccc3)nc2c1=O. The second-order valence-electron chi connectivity index (χ2n) is 8.53. The normalized spacial score (nSPS) is 19.0. The molecule has 0 radical (unpaired) electrons. The van der Waals surface area contributed by atoms with Crippen LogP contribution < -0.4 is 20.7 Å². The third kappa shape index (κ3) is 3.97. The number of carbonyl (C=O) groups excluding carboxylic acids is 1. The number of nitrogens with zero attached hydrogens (tertiary/aromatic N) is 5. The summed E-state index contributed by atoms with van der Waals surface area (Å²) in [7, 11) is 1.77. The number of carbonyl (C=O) groups is 1. The van der Waals surface area contributed by atoms with E-state index in [2.05, 4.69) is 15.2 Å². The van der Waals surface area contributed by atoms with Crippen molar-refractivity contribution < 1.29 is 4.79 Å². The van der Waals surface area contributed by atoms with E-state index < -0.39 is 0 Å². The van der Waals surface area contributed by atoms with Crippen LogP contribution in [-0.4, -0.2) is 46.1 Å². The Morgan fingerprint density at radius 2 is 1.88 bits per heavy atom. The summed E-state index contributed by atoms with van der Waals surface area (Å²) < 4.78 is 1.62. The minimum absolute atomic E-state index is 0.000441. The van der Waals surface area contributed by atoms with Crippen LogP contribution in [0.25, 0.3) is 10.3 Å². The average Bonchev–Trinajstić information content (AvgIpc) is 3.48. The second-order valence-corrected chi connectivity index (χ2v) is 9.48. The van der Waals surface area contributed by atoms with Gasteiger partial charge in [-0.1, -0.05) is 41.7 Å². The number of fused-ring (bicyclic) bond motifs is 1. The predicted molar refractivity (Wildman–Crippen MR) is 127 cm³/mol. The molecule has 5 rings (SSSR count). The first-order valence-electron chi connectivity index (χ1n) is 11.3. The lowest BCUT2D eigenvalue weighted by atomic mass is 10.1. The largest absolute Gasteiger partial charge is 0.350 e. The first kappa shape index (κ1) is 20.9. The van der Waals surface area contributed by atoms with Crippen molar-refractivity contribution in [3.05, 3.63) is 46.2 Å². The molecule has 1 atom stereocenters. The monoisotopic (exact) mass is 452 g/mol. The van der Waals surface area contributed by atoms with Crippen molar-refractivity contribution >= 4 is 38.7 Å². The van der Waals surface area contributed by atoms with E-state index in [1.807, 2.05) is 35.2 Å². The van der Waals surface area contributed by atoms with Crippen LogP contribution >= 0.6 is 11.3 Å². The molecule has 1 aromatic carbocycles. The van der Waals surface area contributed by atoms with Crippen molar-refractivity contribution in [2.75, 3.05) is 29.4 Å². The zero-order chi connectivity index (χ0) is 22.1. The van der Waals surface area contributed by atoms with Crippen molar-refractivity contribution in [2.45, 2.75) is 44.7 Å². The Hall–Kier alpha value is -2.94. The second kappa shape index (κ2) is 8.90. The molecule has 0 saturated carbocycles. The molecule has 0 bridgehead atoms. The lowest BCUT2D eigenvalue weighted by Crippen LogP contribution is -2.43.